The highest BCUT2D eigenvalue weighted by Gasteiger charge is 2.33. The summed E-state index contributed by atoms with van der Waals surface area (Å²) in [6.45, 7) is 3.72. The highest BCUT2D eigenvalue weighted by Crippen LogP contribution is 2.20. The summed E-state index contributed by atoms with van der Waals surface area (Å²) in [6, 6.07) is 0. The summed E-state index contributed by atoms with van der Waals surface area (Å²) < 4.78 is 10.5. The lowest BCUT2D eigenvalue weighted by atomic mass is 9.97. The molecule has 6 nitrogen and oxygen atoms in total. The maximum absolute atomic E-state index is 12.3. The van der Waals surface area contributed by atoms with Crippen molar-refractivity contribution in [3.63, 3.8) is 0 Å². The smallest absolute Gasteiger partial charge is 0.347 e. The van der Waals surface area contributed by atoms with Gasteiger partial charge in [-0.3, -0.25) is 0 Å². The quantitative estimate of drug-likeness (QED) is 0.452. The monoisotopic (exact) mass is 340 g/mol. The number of hydrogen-bond acceptors (Lipinski definition) is 6. The molecule has 0 aromatic carbocycles. The molecule has 0 saturated carbocycles. The fourth-order valence-electron chi connectivity index (χ4n) is 2.56. The van der Waals surface area contributed by atoms with Crippen molar-refractivity contribution in [1.82, 2.24) is 0 Å². The van der Waals surface area contributed by atoms with Gasteiger partial charge in [-0.05, 0) is 32.6 Å². The number of aliphatic hydroxyl groups excluding tert-OH is 2. The van der Waals surface area contributed by atoms with Crippen LogP contribution >= 0.6 is 0 Å². The molecule has 0 amide bonds. The Bertz CT molecular complexity index is 456. The highest BCUT2D eigenvalue weighted by molar-refractivity contribution is 5.85. The van der Waals surface area contributed by atoms with E-state index < -0.39 is 36.4 Å². The van der Waals surface area contributed by atoms with E-state index >= 15 is 0 Å². The van der Waals surface area contributed by atoms with Gasteiger partial charge in [-0.1, -0.05) is 38.0 Å². The Kier molecular flexibility index (Phi) is 9.34. The number of hydrogen-bond donors (Lipinski definition) is 2. The molecule has 6 heteroatoms. The molecule has 1 heterocycles. The van der Waals surface area contributed by atoms with Crippen molar-refractivity contribution >= 4 is 11.9 Å². The lowest BCUT2D eigenvalue weighted by Crippen LogP contribution is -2.43. The molecule has 4 atom stereocenters. The molecule has 0 aromatic rings. The molecule has 1 fully saturated rings. The van der Waals surface area contributed by atoms with Crippen LogP contribution in [0.2, 0.25) is 0 Å². The summed E-state index contributed by atoms with van der Waals surface area (Å²) >= 11 is 0. The van der Waals surface area contributed by atoms with Gasteiger partial charge in [0.15, 0.2) is 6.10 Å². The standard InChI is InChI=1S/C18H28O6/c1-3-5-6-12-16(20)23-15-11-8-7-10-13(19)17(21)14(9-4-2)24-18(15)22/h3,5-6,12-15,17,19,21H,4,7-11H2,1-2H3/b5-3+,12-6+. The summed E-state index contributed by atoms with van der Waals surface area (Å²) in [4.78, 5) is 24.1. The number of allylic oxidation sites excluding steroid dienone is 3. The zero-order chi connectivity index (χ0) is 17.9. The molecular formula is C18H28O6. The molecule has 0 aromatic heterocycles. The van der Waals surface area contributed by atoms with Crippen LogP contribution in [0.15, 0.2) is 24.3 Å². The minimum absolute atomic E-state index is 0.337. The molecule has 1 saturated heterocycles. The molecular weight excluding hydrogens is 312 g/mol. The van der Waals surface area contributed by atoms with E-state index in [9.17, 15) is 19.8 Å². The zero-order valence-electron chi connectivity index (χ0n) is 14.4. The lowest BCUT2D eigenvalue weighted by Gasteiger charge is -2.29. The van der Waals surface area contributed by atoms with E-state index in [0.717, 1.165) is 0 Å². The minimum Gasteiger partial charge on any atom is -0.457 e. The second-order valence-corrected chi connectivity index (χ2v) is 5.92. The average molecular weight is 340 g/mol. The maximum atomic E-state index is 12.3. The molecule has 2 N–H and O–H groups in total. The number of esters is 2. The van der Waals surface area contributed by atoms with Crippen molar-refractivity contribution in [2.45, 2.75) is 76.8 Å². The van der Waals surface area contributed by atoms with Crippen LogP contribution in [0.1, 0.15) is 52.4 Å². The van der Waals surface area contributed by atoms with E-state index in [1.165, 1.54) is 12.2 Å². The zero-order valence-corrected chi connectivity index (χ0v) is 14.4. The predicted octanol–water partition coefficient (Wildman–Crippen LogP) is 2.04. The van der Waals surface area contributed by atoms with Crippen LogP contribution in [0.25, 0.3) is 0 Å². The summed E-state index contributed by atoms with van der Waals surface area (Å²) in [6.07, 6.45) is 5.50. The third-order valence-corrected chi connectivity index (χ3v) is 3.89. The second-order valence-electron chi connectivity index (χ2n) is 5.92. The van der Waals surface area contributed by atoms with E-state index in [4.69, 9.17) is 9.47 Å². The normalized spacial score (nSPS) is 29.6. The van der Waals surface area contributed by atoms with Crippen LogP contribution in [-0.2, 0) is 19.1 Å². The van der Waals surface area contributed by atoms with Gasteiger partial charge in [0.2, 0.25) is 0 Å². The third-order valence-electron chi connectivity index (χ3n) is 3.89. The SMILES string of the molecule is C/C=C/C=C/C(=O)OC1CCCCC(O)C(O)C(CCC)OC1=O. The van der Waals surface area contributed by atoms with Gasteiger partial charge in [0.1, 0.15) is 12.2 Å². The third kappa shape index (κ3) is 6.84. The molecule has 1 rings (SSSR count). The number of carbonyl (C=O) groups is 2. The molecule has 0 spiro atoms. The Labute approximate surface area is 143 Å². The first-order valence-corrected chi connectivity index (χ1v) is 8.56. The number of ether oxygens (including phenoxy) is 2. The minimum atomic E-state index is -1.13. The van der Waals surface area contributed by atoms with Gasteiger partial charge in [-0.15, -0.1) is 0 Å². The molecule has 1 aliphatic rings. The van der Waals surface area contributed by atoms with Gasteiger partial charge in [0.05, 0.1) is 6.10 Å². The first kappa shape index (κ1) is 20.4. The Morgan fingerprint density at radius 2 is 2.00 bits per heavy atom. The molecule has 136 valence electrons. The summed E-state index contributed by atoms with van der Waals surface area (Å²) in [5, 5.41) is 20.1. The van der Waals surface area contributed by atoms with Gasteiger partial charge >= 0.3 is 11.9 Å². The Hall–Kier alpha value is -1.66. The molecule has 0 aliphatic carbocycles. The summed E-state index contributed by atoms with van der Waals surface area (Å²) in [5.74, 6) is -1.28. The lowest BCUT2D eigenvalue weighted by molar-refractivity contribution is -0.179. The van der Waals surface area contributed by atoms with Crippen LogP contribution < -0.4 is 0 Å². The van der Waals surface area contributed by atoms with E-state index in [2.05, 4.69) is 0 Å². The number of rotatable bonds is 5. The first-order chi connectivity index (χ1) is 11.5. The van der Waals surface area contributed by atoms with Crippen LogP contribution in [0.4, 0.5) is 0 Å². The van der Waals surface area contributed by atoms with E-state index in [1.807, 2.05) is 13.8 Å². The van der Waals surface area contributed by atoms with Gasteiger partial charge < -0.3 is 19.7 Å². The van der Waals surface area contributed by atoms with E-state index in [0.29, 0.717) is 38.5 Å². The van der Waals surface area contributed by atoms with Gasteiger partial charge in [-0.25, -0.2) is 9.59 Å². The molecule has 4 unspecified atom stereocenters. The van der Waals surface area contributed by atoms with Crippen LogP contribution in [-0.4, -0.2) is 46.6 Å². The van der Waals surface area contributed by atoms with Crippen molar-refractivity contribution < 1.29 is 29.3 Å². The number of carbonyl (C=O) groups excluding carboxylic acids is 2. The van der Waals surface area contributed by atoms with Gasteiger partial charge in [0.25, 0.3) is 0 Å². The van der Waals surface area contributed by atoms with Crippen LogP contribution in [0.5, 0.6) is 0 Å². The molecule has 0 radical (unpaired) electrons. The first-order valence-electron chi connectivity index (χ1n) is 8.56. The Morgan fingerprint density at radius 1 is 1.29 bits per heavy atom. The fourth-order valence-corrected chi connectivity index (χ4v) is 2.56. The second kappa shape index (κ2) is 11.0. The van der Waals surface area contributed by atoms with Crippen molar-refractivity contribution in [2.24, 2.45) is 0 Å². The molecule has 1 aliphatic heterocycles. The predicted molar refractivity (Wildman–Crippen MR) is 89.1 cm³/mol. The average Bonchev–Trinajstić information content (AvgIpc) is 2.55. The van der Waals surface area contributed by atoms with Crippen LogP contribution in [0.3, 0.4) is 0 Å². The van der Waals surface area contributed by atoms with Crippen LogP contribution in [0, 0.1) is 0 Å². The van der Waals surface area contributed by atoms with Gasteiger partial charge in [-0.2, -0.15) is 0 Å². The molecule has 0 bridgehead atoms. The topological polar surface area (TPSA) is 93.1 Å². The van der Waals surface area contributed by atoms with Gasteiger partial charge in [0, 0.05) is 6.08 Å². The van der Waals surface area contributed by atoms with Crippen molar-refractivity contribution in [1.29, 1.82) is 0 Å². The number of cyclic esters (lactones) is 1. The number of aliphatic hydroxyl groups is 2. The molecule has 24 heavy (non-hydrogen) atoms. The van der Waals surface area contributed by atoms with Crippen molar-refractivity contribution in [3.8, 4) is 0 Å². The summed E-state index contributed by atoms with van der Waals surface area (Å²) in [5.41, 5.74) is 0. The van der Waals surface area contributed by atoms with Crippen molar-refractivity contribution in [3.05, 3.63) is 24.3 Å². The van der Waals surface area contributed by atoms with E-state index in [1.54, 1.807) is 12.2 Å². The Balaban J connectivity index is 2.78. The van der Waals surface area contributed by atoms with E-state index in [-0.39, 0.29) is 0 Å². The van der Waals surface area contributed by atoms with Crippen molar-refractivity contribution in [2.75, 3.05) is 0 Å². The summed E-state index contributed by atoms with van der Waals surface area (Å²) in [7, 11) is 0. The Morgan fingerprint density at radius 3 is 2.67 bits per heavy atom. The largest absolute Gasteiger partial charge is 0.457 e. The fraction of sp³-hybridized carbons (Fsp3) is 0.667. The maximum Gasteiger partial charge on any atom is 0.347 e. The highest BCUT2D eigenvalue weighted by atomic mass is 16.6.